The van der Waals surface area contributed by atoms with Gasteiger partial charge >= 0.3 is 5.97 Å². The van der Waals surface area contributed by atoms with Gasteiger partial charge in [-0.1, -0.05) is 46.3 Å². The maximum atomic E-state index is 11.8. The van der Waals surface area contributed by atoms with Crippen LogP contribution < -0.4 is 5.32 Å². The molecule has 0 radical (unpaired) electrons. The molecular weight excluding hydrogens is 362 g/mol. The summed E-state index contributed by atoms with van der Waals surface area (Å²) in [6, 6.07) is 15.3. The van der Waals surface area contributed by atoms with Crippen molar-refractivity contribution in [3.8, 4) is 0 Å². The lowest BCUT2D eigenvalue weighted by Crippen LogP contribution is -2.31. The molecule has 0 aliphatic rings. The van der Waals surface area contributed by atoms with Crippen molar-refractivity contribution in [2.45, 2.75) is 0 Å². The summed E-state index contributed by atoms with van der Waals surface area (Å²) in [7, 11) is 0. The molecule has 0 saturated heterocycles. The molecule has 5 nitrogen and oxygen atoms in total. The first-order valence-corrected chi connectivity index (χ1v) is 7.63. The molecule has 2 rings (SSSR count). The summed E-state index contributed by atoms with van der Waals surface area (Å²) in [6.45, 7) is -0.645. The molecule has 1 N–H and O–H groups in total. The first kappa shape index (κ1) is 16.9. The lowest BCUT2D eigenvalue weighted by Gasteiger charge is -2.06. The van der Waals surface area contributed by atoms with E-state index >= 15 is 0 Å². The number of rotatable bonds is 6. The van der Waals surface area contributed by atoms with Crippen LogP contribution >= 0.6 is 15.9 Å². The summed E-state index contributed by atoms with van der Waals surface area (Å²) in [5.41, 5.74) is 0.903. The summed E-state index contributed by atoms with van der Waals surface area (Å²) in [5, 5.41) is 2.44. The molecule has 118 valence electrons. The highest BCUT2D eigenvalue weighted by atomic mass is 79.9. The van der Waals surface area contributed by atoms with Gasteiger partial charge in [0.2, 0.25) is 0 Å². The van der Waals surface area contributed by atoms with E-state index in [1.165, 1.54) is 0 Å². The van der Waals surface area contributed by atoms with Gasteiger partial charge in [0.05, 0.1) is 0 Å². The third-order valence-corrected chi connectivity index (χ3v) is 3.49. The average molecular weight is 376 g/mol. The minimum atomic E-state index is -0.667. The normalized spacial score (nSPS) is 9.96. The zero-order valence-corrected chi connectivity index (χ0v) is 13.7. The Morgan fingerprint density at radius 1 is 0.913 bits per heavy atom. The van der Waals surface area contributed by atoms with Gasteiger partial charge in [-0.2, -0.15) is 0 Å². The van der Waals surface area contributed by atoms with E-state index in [1.807, 2.05) is 0 Å². The van der Waals surface area contributed by atoms with Crippen molar-refractivity contribution in [2.75, 3.05) is 13.2 Å². The molecule has 0 atom stereocenters. The Kier molecular flexibility index (Phi) is 6.05. The quantitative estimate of drug-likeness (QED) is 0.622. The first-order chi connectivity index (χ1) is 11.1. The summed E-state index contributed by atoms with van der Waals surface area (Å²) in [6.07, 6.45) is 0. The lowest BCUT2D eigenvalue weighted by atomic mass is 10.1. The van der Waals surface area contributed by atoms with Crippen molar-refractivity contribution in [3.63, 3.8) is 0 Å². The molecule has 0 spiro atoms. The van der Waals surface area contributed by atoms with Crippen LogP contribution in [0.4, 0.5) is 0 Å². The summed E-state index contributed by atoms with van der Waals surface area (Å²) < 4.78 is 5.71. The average Bonchev–Trinajstić information content (AvgIpc) is 2.59. The van der Waals surface area contributed by atoms with E-state index in [0.717, 1.165) is 4.47 Å². The third-order valence-electron chi connectivity index (χ3n) is 2.96. The molecule has 6 heteroatoms. The van der Waals surface area contributed by atoms with Crippen LogP contribution in [-0.2, 0) is 9.53 Å². The highest BCUT2D eigenvalue weighted by Crippen LogP contribution is 2.10. The number of halogens is 1. The van der Waals surface area contributed by atoms with Crippen LogP contribution in [0, 0.1) is 0 Å². The molecule has 0 fully saturated rings. The molecule has 0 aliphatic heterocycles. The molecule has 0 aromatic heterocycles. The van der Waals surface area contributed by atoms with Gasteiger partial charge in [-0.15, -0.1) is 0 Å². The Hall–Kier alpha value is -2.47. The second-order valence-corrected chi connectivity index (χ2v) is 5.56. The monoisotopic (exact) mass is 375 g/mol. The number of hydrogen-bond donors (Lipinski definition) is 1. The molecule has 0 aliphatic carbocycles. The zero-order chi connectivity index (χ0) is 16.7. The predicted octanol–water partition coefficient (Wildman–Crippen LogP) is 2.61. The van der Waals surface area contributed by atoms with Crippen LogP contribution in [0.3, 0.4) is 0 Å². The molecule has 0 bridgehead atoms. The summed E-state index contributed by atoms with van der Waals surface area (Å²) in [5.74, 6) is -1.35. The van der Waals surface area contributed by atoms with Gasteiger partial charge in [0.25, 0.3) is 5.91 Å². The molecular formula is C17H14BrNO4. The van der Waals surface area contributed by atoms with Crippen molar-refractivity contribution in [1.29, 1.82) is 0 Å². The van der Waals surface area contributed by atoms with Crippen molar-refractivity contribution in [3.05, 3.63) is 70.2 Å². The van der Waals surface area contributed by atoms with E-state index in [2.05, 4.69) is 21.2 Å². The van der Waals surface area contributed by atoms with E-state index in [-0.39, 0.29) is 24.8 Å². The predicted molar refractivity (Wildman–Crippen MR) is 88.2 cm³/mol. The number of hydrogen-bond acceptors (Lipinski definition) is 4. The molecule has 1 amide bonds. The van der Waals surface area contributed by atoms with Crippen LogP contribution in [-0.4, -0.2) is 30.8 Å². The molecule has 0 saturated carbocycles. The first-order valence-electron chi connectivity index (χ1n) is 6.84. The third kappa shape index (κ3) is 5.34. The van der Waals surface area contributed by atoms with Crippen molar-refractivity contribution in [2.24, 2.45) is 0 Å². The minimum Gasteiger partial charge on any atom is -0.456 e. The number of carbonyl (C=O) groups excluding carboxylic acids is 3. The topological polar surface area (TPSA) is 72.5 Å². The summed E-state index contributed by atoms with van der Waals surface area (Å²) >= 11 is 3.27. The Morgan fingerprint density at radius 2 is 1.57 bits per heavy atom. The maximum Gasteiger partial charge on any atom is 0.325 e. The number of ketones is 1. The van der Waals surface area contributed by atoms with Crippen LogP contribution in [0.25, 0.3) is 0 Å². The van der Waals surface area contributed by atoms with E-state index in [4.69, 9.17) is 4.74 Å². The molecule has 0 unspecified atom stereocenters. The number of benzene rings is 2. The Balaban J connectivity index is 1.76. The SMILES string of the molecule is O=C(CNC(=O)c1ccc(Br)cc1)OCC(=O)c1ccccc1. The Labute approximate surface area is 141 Å². The standard InChI is InChI=1S/C17H14BrNO4/c18-14-8-6-13(7-9-14)17(22)19-10-16(21)23-11-15(20)12-4-2-1-3-5-12/h1-9H,10-11H2,(H,19,22). The minimum absolute atomic E-state index is 0.293. The number of amides is 1. The second kappa shape index (κ2) is 8.24. The highest BCUT2D eigenvalue weighted by molar-refractivity contribution is 9.10. The molecule has 2 aromatic carbocycles. The largest absolute Gasteiger partial charge is 0.456 e. The van der Waals surface area contributed by atoms with Gasteiger partial charge < -0.3 is 10.1 Å². The zero-order valence-electron chi connectivity index (χ0n) is 12.1. The number of Topliss-reactive ketones (excluding diaryl/α,β-unsaturated/α-hetero) is 1. The number of nitrogens with one attached hydrogen (secondary N) is 1. The fourth-order valence-corrected chi connectivity index (χ4v) is 2.02. The second-order valence-electron chi connectivity index (χ2n) is 4.64. The molecule has 0 heterocycles. The van der Waals surface area contributed by atoms with Crippen LogP contribution in [0.15, 0.2) is 59.1 Å². The van der Waals surface area contributed by atoms with E-state index in [9.17, 15) is 14.4 Å². The molecule has 23 heavy (non-hydrogen) atoms. The van der Waals surface area contributed by atoms with Crippen LogP contribution in [0.5, 0.6) is 0 Å². The van der Waals surface area contributed by atoms with Gasteiger partial charge in [0.15, 0.2) is 12.4 Å². The Morgan fingerprint density at radius 3 is 2.22 bits per heavy atom. The van der Waals surface area contributed by atoms with E-state index in [0.29, 0.717) is 11.1 Å². The van der Waals surface area contributed by atoms with Crippen molar-refractivity contribution >= 4 is 33.6 Å². The van der Waals surface area contributed by atoms with Gasteiger partial charge in [-0.05, 0) is 24.3 Å². The Bertz CT molecular complexity index is 698. The van der Waals surface area contributed by atoms with Gasteiger partial charge in [0.1, 0.15) is 6.54 Å². The van der Waals surface area contributed by atoms with Crippen molar-refractivity contribution in [1.82, 2.24) is 5.32 Å². The lowest BCUT2D eigenvalue weighted by molar-refractivity contribution is -0.141. The highest BCUT2D eigenvalue weighted by Gasteiger charge is 2.11. The fraction of sp³-hybridized carbons (Fsp3) is 0.118. The molecule has 2 aromatic rings. The van der Waals surface area contributed by atoms with Crippen LogP contribution in [0.2, 0.25) is 0 Å². The van der Waals surface area contributed by atoms with Gasteiger partial charge in [-0.25, -0.2) is 0 Å². The number of ether oxygens (including phenoxy) is 1. The fourth-order valence-electron chi connectivity index (χ4n) is 1.76. The van der Waals surface area contributed by atoms with Crippen LogP contribution in [0.1, 0.15) is 20.7 Å². The number of carbonyl (C=O) groups is 3. The smallest absolute Gasteiger partial charge is 0.325 e. The van der Waals surface area contributed by atoms with Crippen molar-refractivity contribution < 1.29 is 19.1 Å². The van der Waals surface area contributed by atoms with Gasteiger partial charge in [-0.3, -0.25) is 14.4 Å². The summed E-state index contributed by atoms with van der Waals surface area (Å²) in [4.78, 5) is 35.2. The van der Waals surface area contributed by atoms with E-state index in [1.54, 1.807) is 54.6 Å². The maximum absolute atomic E-state index is 11.8. The number of esters is 1. The van der Waals surface area contributed by atoms with E-state index < -0.39 is 5.97 Å². The van der Waals surface area contributed by atoms with Gasteiger partial charge in [0, 0.05) is 15.6 Å².